The van der Waals surface area contributed by atoms with E-state index in [9.17, 15) is 4.79 Å². The van der Waals surface area contributed by atoms with Crippen molar-refractivity contribution in [3.05, 3.63) is 75.0 Å². The van der Waals surface area contributed by atoms with Gasteiger partial charge in [0.25, 0.3) is 0 Å². The lowest BCUT2D eigenvalue weighted by Crippen LogP contribution is -2.13. The van der Waals surface area contributed by atoms with Crippen molar-refractivity contribution in [3.63, 3.8) is 0 Å². The number of nitrogens with zero attached hydrogens (tertiary/aromatic N) is 3. The second kappa shape index (κ2) is 7.44. The molecule has 0 bridgehead atoms. The fourth-order valence-corrected chi connectivity index (χ4v) is 3.85. The topological polar surface area (TPSA) is 73.0 Å². The second-order valence-corrected chi connectivity index (χ2v) is 7.97. The van der Waals surface area contributed by atoms with E-state index in [2.05, 4.69) is 28.4 Å². The summed E-state index contributed by atoms with van der Waals surface area (Å²) < 4.78 is 8.06. The van der Waals surface area contributed by atoms with Crippen LogP contribution in [0, 0.1) is 27.7 Å². The van der Waals surface area contributed by atoms with Crippen molar-refractivity contribution >= 4 is 16.7 Å². The largest absolute Gasteiger partial charge is 0.455 e. The van der Waals surface area contributed by atoms with Crippen LogP contribution in [0.1, 0.15) is 41.0 Å². The highest BCUT2D eigenvalue weighted by Crippen LogP contribution is 2.32. The molecule has 6 heteroatoms. The molecule has 3 heterocycles. The van der Waals surface area contributed by atoms with Crippen molar-refractivity contribution in [1.29, 1.82) is 0 Å². The summed E-state index contributed by atoms with van der Waals surface area (Å²) in [5.74, 6) is 0.561. The van der Waals surface area contributed by atoms with Gasteiger partial charge < -0.3 is 9.73 Å². The minimum Gasteiger partial charge on any atom is -0.455 e. The summed E-state index contributed by atoms with van der Waals surface area (Å²) in [5, 5.41) is 8.35. The number of hydrogen-bond acceptors (Lipinski definition) is 5. The molecule has 0 fully saturated rings. The zero-order valence-corrected chi connectivity index (χ0v) is 18.2. The van der Waals surface area contributed by atoms with E-state index >= 15 is 0 Å². The second-order valence-electron chi connectivity index (χ2n) is 7.97. The van der Waals surface area contributed by atoms with Gasteiger partial charge in [0, 0.05) is 30.1 Å². The van der Waals surface area contributed by atoms with E-state index in [1.165, 1.54) is 0 Å². The van der Waals surface area contributed by atoms with Crippen LogP contribution in [0.25, 0.3) is 22.3 Å². The van der Waals surface area contributed by atoms with Gasteiger partial charge in [-0.1, -0.05) is 6.07 Å². The van der Waals surface area contributed by atoms with Crippen LogP contribution in [0.4, 0.5) is 5.69 Å². The molecule has 1 N–H and O–H groups in total. The van der Waals surface area contributed by atoms with Gasteiger partial charge in [0.2, 0.25) is 0 Å². The van der Waals surface area contributed by atoms with Crippen LogP contribution in [0.15, 0.2) is 45.9 Å². The van der Waals surface area contributed by atoms with Gasteiger partial charge in [-0.15, -0.1) is 0 Å². The van der Waals surface area contributed by atoms with E-state index in [0.717, 1.165) is 33.8 Å². The van der Waals surface area contributed by atoms with Crippen LogP contribution >= 0.6 is 0 Å². The van der Waals surface area contributed by atoms with Gasteiger partial charge in [0.1, 0.15) is 11.3 Å². The number of nitrogens with one attached hydrogen (secondary N) is 1. The molecule has 0 saturated heterocycles. The fraction of sp³-hybridized carbons (Fsp3) is 0.292. The highest BCUT2D eigenvalue weighted by Gasteiger charge is 2.20. The van der Waals surface area contributed by atoms with Crippen LogP contribution in [-0.4, -0.2) is 14.8 Å². The summed E-state index contributed by atoms with van der Waals surface area (Å²) in [6.07, 6.45) is 3.57. The lowest BCUT2D eigenvalue weighted by molar-refractivity contribution is 0.605. The third-order valence-corrected chi connectivity index (χ3v) is 5.42. The van der Waals surface area contributed by atoms with E-state index in [1.54, 1.807) is 17.8 Å². The Morgan fingerprint density at radius 1 is 1.13 bits per heavy atom. The lowest BCUT2D eigenvalue weighted by atomic mass is 9.99. The molecule has 1 atom stereocenters. The van der Waals surface area contributed by atoms with Crippen molar-refractivity contribution in [3.8, 4) is 11.3 Å². The standard InChI is InChI=1S/C24H26N4O2/c1-13-9-19(16(4)27-21-8-7-14(2)26-17(21)5)24-20(10-13)22(29)15(3)23(30-24)18-11-25-28(6)12-18/h7-12,16,27H,1-6H3. The van der Waals surface area contributed by atoms with Gasteiger partial charge in [0.15, 0.2) is 5.43 Å². The van der Waals surface area contributed by atoms with E-state index in [0.29, 0.717) is 22.3 Å². The molecule has 0 aliphatic carbocycles. The van der Waals surface area contributed by atoms with Gasteiger partial charge in [-0.2, -0.15) is 5.10 Å². The minimum atomic E-state index is -0.0804. The predicted octanol–water partition coefficient (Wildman–Crippen LogP) is 5.00. The Bertz CT molecular complexity index is 1320. The SMILES string of the molecule is Cc1cc(C(C)Nc2ccc(C)nc2C)c2oc(-c3cnn(C)c3)c(C)c(=O)c2c1. The number of anilines is 1. The number of aromatic nitrogens is 3. The van der Waals surface area contributed by atoms with Crippen LogP contribution in [0.5, 0.6) is 0 Å². The molecule has 3 aromatic heterocycles. The Hall–Kier alpha value is -3.41. The Morgan fingerprint density at radius 2 is 1.90 bits per heavy atom. The molecule has 0 aliphatic rings. The number of pyridine rings is 1. The van der Waals surface area contributed by atoms with Crippen molar-refractivity contribution in [1.82, 2.24) is 14.8 Å². The third kappa shape index (κ3) is 3.49. The smallest absolute Gasteiger partial charge is 0.196 e. The van der Waals surface area contributed by atoms with E-state index in [4.69, 9.17) is 4.42 Å². The average Bonchev–Trinajstić information content (AvgIpc) is 3.12. The number of rotatable bonds is 4. The van der Waals surface area contributed by atoms with Crippen LogP contribution in [0.2, 0.25) is 0 Å². The molecule has 0 aliphatic heterocycles. The molecule has 4 aromatic rings. The summed E-state index contributed by atoms with van der Waals surface area (Å²) >= 11 is 0. The summed E-state index contributed by atoms with van der Waals surface area (Å²) in [7, 11) is 1.84. The zero-order valence-electron chi connectivity index (χ0n) is 18.2. The molecule has 0 radical (unpaired) electrons. The summed E-state index contributed by atoms with van der Waals surface area (Å²) in [5.41, 5.74) is 6.81. The van der Waals surface area contributed by atoms with Crippen molar-refractivity contribution < 1.29 is 4.42 Å². The quantitative estimate of drug-likeness (QED) is 0.520. The Morgan fingerprint density at radius 3 is 2.57 bits per heavy atom. The van der Waals surface area contributed by atoms with Crippen molar-refractivity contribution in [2.75, 3.05) is 5.32 Å². The first-order valence-electron chi connectivity index (χ1n) is 10.0. The molecule has 0 amide bonds. The molecular weight excluding hydrogens is 376 g/mol. The normalized spacial score (nSPS) is 12.3. The summed E-state index contributed by atoms with van der Waals surface area (Å²) in [6, 6.07) is 7.91. The molecule has 0 saturated carbocycles. The minimum absolute atomic E-state index is 0.0135. The van der Waals surface area contributed by atoms with Gasteiger partial charge in [-0.25, -0.2) is 0 Å². The van der Waals surface area contributed by atoms with E-state index in [1.807, 2.05) is 52.2 Å². The average molecular weight is 402 g/mol. The molecule has 1 unspecified atom stereocenters. The Labute approximate surface area is 175 Å². The van der Waals surface area contributed by atoms with Crippen LogP contribution in [0.3, 0.4) is 0 Å². The lowest BCUT2D eigenvalue weighted by Gasteiger charge is -2.19. The molecule has 4 rings (SSSR count). The fourth-order valence-electron chi connectivity index (χ4n) is 3.85. The van der Waals surface area contributed by atoms with Crippen LogP contribution < -0.4 is 10.7 Å². The van der Waals surface area contributed by atoms with Gasteiger partial charge in [-0.05, 0) is 58.4 Å². The number of fused-ring (bicyclic) bond motifs is 1. The Balaban J connectivity index is 1.88. The molecular formula is C24H26N4O2. The molecule has 30 heavy (non-hydrogen) atoms. The third-order valence-electron chi connectivity index (χ3n) is 5.42. The maximum Gasteiger partial charge on any atom is 0.196 e. The molecule has 6 nitrogen and oxygen atoms in total. The van der Waals surface area contributed by atoms with Crippen LogP contribution in [-0.2, 0) is 7.05 Å². The molecule has 0 spiro atoms. The number of aryl methyl sites for hydroxylation is 4. The van der Waals surface area contributed by atoms with Crippen molar-refractivity contribution in [2.24, 2.45) is 7.05 Å². The summed E-state index contributed by atoms with van der Waals surface area (Å²) in [4.78, 5) is 17.7. The highest BCUT2D eigenvalue weighted by atomic mass is 16.3. The first-order valence-corrected chi connectivity index (χ1v) is 10.0. The Kier molecular flexibility index (Phi) is 4.94. The maximum absolute atomic E-state index is 13.2. The monoisotopic (exact) mass is 402 g/mol. The maximum atomic E-state index is 13.2. The van der Waals surface area contributed by atoms with Crippen molar-refractivity contribution in [2.45, 2.75) is 40.7 Å². The first kappa shape index (κ1) is 19.9. The summed E-state index contributed by atoms with van der Waals surface area (Å²) in [6.45, 7) is 9.83. The van der Waals surface area contributed by atoms with Gasteiger partial charge in [0.05, 0.1) is 34.6 Å². The highest BCUT2D eigenvalue weighted by molar-refractivity contribution is 5.84. The molecule has 154 valence electrons. The first-order chi connectivity index (χ1) is 14.2. The molecule has 1 aromatic carbocycles. The number of hydrogen-bond donors (Lipinski definition) is 1. The number of benzene rings is 1. The zero-order chi connectivity index (χ0) is 21.6. The van der Waals surface area contributed by atoms with E-state index < -0.39 is 0 Å². The van der Waals surface area contributed by atoms with Gasteiger partial charge >= 0.3 is 0 Å². The van der Waals surface area contributed by atoms with E-state index in [-0.39, 0.29) is 11.5 Å². The predicted molar refractivity (Wildman–Crippen MR) is 120 cm³/mol. The van der Waals surface area contributed by atoms with Gasteiger partial charge in [-0.3, -0.25) is 14.5 Å².